The molecular weight excluding hydrogens is 354 g/mol. The first-order valence-electron chi connectivity index (χ1n) is 8.04. The van der Waals surface area contributed by atoms with Crippen LogP contribution in [0.3, 0.4) is 0 Å². The Bertz CT molecular complexity index is 854. The smallest absolute Gasteiger partial charge is 0.269 e. The number of non-ortho nitro benzene ring substituents is 1. The van der Waals surface area contributed by atoms with Gasteiger partial charge in [0.25, 0.3) is 5.69 Å². The number of hydrogen-bond acceptors (Lipinski definition) is 5. The summed E-state index contributed by atoms with van der Waals surface area (Å²) in [4.78, 5) is 37.6. The van der Waals surface area contributed by atoms with Crippen molar-refractivity contribution in [3.63, 3.8) is 0 Å². The second-order valence-electron chi connectivity index (χ2n) is 5.93. The van der Waals surface area contributed by atoms with E-state index in [1.807, 2.05) is 31.2 Å². The van der Waals surface area contributed by atoms with E-state index < -0.39 is 4.92 Å². The van der Waals surface area contributed by atoms with Gasteiger partial charge in [-0.3, -0.25) is 19.7 Å². The zero-order chi connectivity index (χ0) is 18.7. The van der Waals surface area contributed by atoms with Gasteiger partial charge < -0.3 is 10.2 Å². The Kier molecular flexibility index (Phi) is 5.22. The normalized spacial score (nSPS) is 16.6. The molecule has 3 rings (SSSR count). The number of amides is 2. The fraction of sp³-hybridized carbons (Fsp3) is 0.222. The highest BCUT2D eigenvalue weighted by Crippen LogP contribution is 2.37. The predicted molar refractivity (Wildman–Crippen MR) is 100 cm³/mol. The van der Waals surface area contributed by atoms with Gasteiger partial charge in [0.05, 0.1) is 10.6 Å². The SMILES string of the molecule is C[C@H]1CC(=O)N(CC(=O)Nc2ccc([N+](=O)[O-])cc2)c2ccccc2S1. The number of nitrogens with zero attached hydrogens (tertiary/aromatic N) is 2. The number of hydrogen-bond donors (Lipinski definition) is 1. The van der Waals surface area contributed by atoms with Crippen LogP contribution in [0.15, 0.2) is 53.4 Å². The lowest BCUT2D eigenvalue weighted by Crippen LogP contribution is -2.38. The van der Waals surface area contributed by atoms with Gasteiger partial charge in [-0.25, -0.2) is 0 Å². The molecule has 134 valence electrons. The third-order valence-corrected chi connectivity index (χ3v) is 5.08. The Morgan fingerprint density at radius 3 is 2.65 bits per heavy atom. The standard InChI is InChI=1S/C18H17N3O4S/c1-12-10-18(23)20(15-4-2-3-5-16(15)26-12)11-17(22)19-13-6-8-14(9-7-13)21(24)25/h2-9,12H,10-11H2,1H3,(H,19,22)/t12-/m0/s1. The highest BCUT2D eigenvalue weighted by molar-refractivity contribution is 8.00. The first-order valence-corrected chi connectivity index (χ1v) is 8.92. The maximum atomic E-state index is 12.6. The van der Waals surface area contributed by atoms with Gasteiger partial charge in [0.1, 0.15) is 6.54 Å². The molecule has 1 heterocycles. The molecule has 2 aromatic carbocycles. The van der Waals surface area contributed by atoms with Crippen molar-refractivity contribution in [2.45, 2.75) is 23.5 Å². The minimum Gasteiger partial charge on any atom is -0.325 e. The van der Waals surface area contributed by atoms with Gasteiger partial charge in [-0.1, -0.05) is 19.1 Å². The first kappa shape index (κ1) is 17.9. The van der Waals surface area contributed by atoms with Crippen LogP contribution in [-0.2, 0) is 9.59 Å². The van der Waals surface area contributed by atoms with E-state index in [1.165, 1.54) is 29.2 Å². The fourth-order valence-electron chi connectivity index (χ4n) is 2.71. The Hall–Kier alpha value is -2.87. The predicted octanol–water partition coefficient (Wildman–Crippen LogP) is 3.45. The van der Waals surface area contributed by atoms with E-state index in [0.29, 0.717) is 12.1 Å². The summed E-state index contributed by atoms with van der Waals surface area (Å²) >= 11 is 1.62. The lowest BCUT2D eigenvalue weighted by Gasteiger charge is -2.22. The summed E-state index contributed by atoms with van der Waals surface area (Å²) in [5, 5.41) is 13.5. The quantitative estimate of drug-likeness (QED) is 0.656. The molecule has 0 fully saturated rings. The average Bonchev–Trinajstić information content (AvgIpc) is 2.71. The summed E-state index contributed by atoms with van der Waals surface area (Å²) in [6.45, 7) is 1.87. The molecule has 0 aliphatic carbocycles. The summed E-state index contributed by atoms with van der Waals surface area (Å²) in [7, 11) is 0. The van der Waals surface area contributed by atoms with E-state index in [1.54, 1.807) is 11.8 Å². The van der Waals surface area contributed by atoms with Crippen LogP contribution in [0.25, 0.3) is 0 Å². The molecule has 0 radical (unpaired) electrons. The number of fused-ring (bicyclic) bond motifs is 1. The van der Waals surface area contributed by atoms with E-state index in [-0.39, 0.29) is 29.3 Å². The molecule has 0 saturated carbocycles. The van der Waals surface area contributed by atoms with Crippen molar-refractivity contribution in [2.24, 2.45) is 0 Å². The third-order valence-electron chi connectivity index (χ3n) is 3.91. The third kappa shape index (κ3) is 4.02. The molecule has 1 atom stereocenters. The van der Waals surface area contributed by atoms with Crippen LogP contribution in [0, 0.1) is 10.1 Å². The van der Waals surface area contributed by atoms with Crippen LogP contribution in [0.1, 0.15) is 13.3 Å². The fourth-order valence-corrected chi connectivity index (χ4v) is 3.83. The van der Waals surface area contributed by atoms with Crippen molar-refractivity contribution in [1.82, 2.24) is 0 Å². The van der Waals surface area contributed by atoms with Gasteiger partial charge in [-0.15, -0.1) is 11.8 Å². The topological polar surface area (TPSA) is 92.6 Å². The molecule has 8 heteroatoms. The second kappa shape index (κ2) is 7.57. The van der Waals surface area contributed by atoms with Crippen molar-refractivity contribution >= 4 is 40.6 Å². The molecule has 0 spiro atoms. The maximum absolute atomic E-state index is 12.6. The Morgan fingerprint density at radius 2 is 1.96 bits per heavy atom. The molecule has 0 saturated heterocycles. The van der Waals surface area contributed by atoms with Crippen LogP contribution in [0.4, 0.5) is 17.1 Å². The van der Waals surface area contributed by atoms with Gasteiger partial charge in [-0.2, -0.15) is 0 Å². The van der Waals surface area contributed by atoms with Crippen LogP contribution in [0.2, 0.25) is 0 Å². The summed E-state index contributed by atoms with van der Waals surface area (Å²) in [5.74, 6) is -0.463. The number of carbonyl (C=O) groups is 2. The van der Waals surface area contributed by atoms with E-state index in [0.717, 1.165) is 10.6 Å². The monoisotopic (exact) mass is 371 g/mol. The van der Waals surface area contributed by atoms with E-state index >= 15 is 0 Å². The van der Waals surface area contributed by atoms with Gasteiger partial charge in [0.2, 0.25) is 11.8 Å². The summed E-state index contributed by atoms with van der Waals surface area (Å²) < 4.78 is 0. The van der Waals surface area contributed by atoms with E-state index in [4.69, 9.17) is 0 Å². The van der Waals surface area contributed by atoms with Gasteiger partial charge >= 0.3 is 0 Å². The van der Waals surface area contributed by atoms with Crippen LogP contribution in [0.5, 0.6) is 0 Å². The molecule has 0 bridgehead atoms. The minimum atomic E-state index is -0.503. The van der Waals surface area contributed by atoms with Gasteiger partial charge in [0.15, 0.2) is 0 Å². The first-order chi connectivity index (χ1) is 12.4. The van der Waals surface area contributed by atoms with Gasteiger partial charge in [-0.05, 0) is 24.3 Å². The zero-order valence-electron chi connectivity index (χ0n) is 14.0. The summed E-state index contributed by atoms with van der Waals surface area (Å²) in [6, 6.07) is 13.1. The molecule has 26 heavy (non-hydrogen) atoms. The lowest BCUT2D eigenvalue weighted by atomic mass is 10.2. The molecule has 2 aromatic rings. The molecule has 1 aliphatic rings. The molecule has 1 N–H and O–H groups in total. The van der Waals surface area contributed by atoms with Crippen LogP contribution in [-0.4, -0.2) is 28.5 Å². The summed E-state index contributed by atoms with van der Waals surface area (Å²) in [5.41, 5.74) is 1.12. The molecule has 0 aromatic heterocycles. The van der Waals surface area contributed by atoms with Gasteiger partial charge in [0, 0.05) is 34.4 Å². The van der Waals surface area contributed by atoms with Crippen molar-refractivity contribution in [2.75, 3.05) is 16.8 Å². The largest absolute Gasteiger partial charge is 0.325 e. The number of anilines is 2. The van der Waals surface area contributed by atoms with Crippen molar-refractivity contribution in [3.8, 4) is 0 Å². The maximum Gasteiger partial charge on any atom is 0.269 e. The number of carbonyl (C=O) groups excluding carboxylic acids is 2. The Balaban J connectivity index is 1.75. The van der Waals surface area contributed by atoms with Crippen molar-refractivity contribution in [3.05, 3.63) is 58.6 Å². The highest BCUT2D eigenvalue weighted by Gasteiger charge is 2.27. The average molecular weight is 371 g/mol. The Morgan fingerprint density at radius 1 is 1.27 bits per heavy atom. The number of thioether (sulfide) groups is 1. The summed E-state index contributed by atoms with van der Waals surface area (Å²) in [6.07, 6.45) is 0.351. The number of rotatable bonds is 4. The highest BCUT2D eigenvalue weighted by atomic mass is 32.2. The molecule has 0 unspecified atom stereocenters. The van der Waals surface area contributed by atoms with Crippen molar-refractivity contribution in [1.29, 1.82) is 0 Å². The van der Waals surface area contributed by atoms with Crippen molar-refractivity contribution < 1.29 is 14.5 Å². The molecular formula is C18H17N3O4S. The number of nitrogens with one attached hydrogen (secondary N) is 1. The Labute approximate surface area is 154 Å². The molecule has 2 amide bonds. The minimum absolute atomic E-state index is 0.0503. The zero-order valence-corrected chi connectivity index (χ0v) is 14.9. The second-order valence-corrected chi connectivity index (χ2v) is 7.41. The molecule has 7 nitrogen and oxygen atoms in total. The number of nitro benzene ring substituents is 1. The number of para-hydroxylation sites is 1. The van der Waals surface area contributed by atoms with Crippen LogP contribution >= 0.6 is 11.8 Å². The van der Waals surface area contributed by atoms with E-state index in [2.05, 4.69) is 5.32 Å². The number of benzene rings is 2. The molecule has 1 aliphatic heterocycles. The lowest BCUT2D eigenvalue weighted by molar-refractivity contribution is -0.384. The van der Waals surface area contributed by atoms with E-state index in [9.17, 15) is 19.7 Å². The number of nitro groups is 1. The van der Waals surface area contributed by atoms with Crippen LogP contribution < -0.4 is 10.2 Å².